The summed E-state index contributed by atoms with van der Waals surface area (Å²) in [6.07, 6.45) is 6.06. The van der Waals surface area contributed by atoms with Gasteiger partial charge in [0, 0.05) is 6.61 Å². The van der Waals surface area contributed by atoms with Crippen molar-refractivity contribution >= 4 is 0 Å². The second-order valence-corrected chi connectivity index (χ2v) is 4.24. The summed E-state index contributed by atoms with van der Waals surface area (Å²) < 4.78 is 5.64. The van der Waals surface area contributed by atoms with Gasteiger partial charge in [-0.15, -0.1) is 0 Å². The minimum atomic E-state index is 0.0470. The molecule has 0 amide bonds. The molecule has 0 heterocycles. The van der Waals surface area contributed by atoms with E-state index in [0.29, 0.717) is 12.0 Å². The van der Waals surface area contributed by atoms with Crippen LogP contribution >= 0.6 is 0 Å². The monoisotopic (exact) mass is 201 g/mol. The van der Waals surface area contributed by atoms with Gasteiger partial charge >= 0.3 is 0 Å². The van der Waals surface area contributed by atoms with Crippen LogP contribution in [0.1, 0.15) is 52.9 Å². The highest BCUT2D eigenvalue weighted by Crippen LogP contribution is 2.08. The highest BCUT2D eigenvalue weighted by molar-refractivity contribution is 4.53. The van der Waals surface area contributed by atoms with Crippen LogP contribution < -0.4 is 0 Å². The minimum Gasteiger partial charge on any atom is -0.379 e. The first-order valence-corrected chi connectivity index (χ1v) is 5.90. The summed E-state index contributed by atoms with van der Waals surface area (Å²) in [5, 5.41) is 10.5. The van der Waals surface area contributed by atoms with Gasteiger partial charge < -0.3 is 4.74 Å². The van der Waals surface area contributed by atoms with Crippen molar-refractivity contribution in [2.75, 3.05) is 13.2 Å². The van der Waals surface area contributed by atoms with E-state index in [0.717, 1.165) is 25.9 Å². The number of hydrogen-bond acceptors (Lipinski definition) is 1. The maximum Gasteiger partial charge on any atom is 0.0847 e. The van der Waals surface area contributed by atoms with E-state index >= 15 is 0 Å². The van der Waals surface area contributed by atoms with Crippen molar-refractivity contribution in [3.63, 3.8) is 0 Å². The molecule has 2 unspecified atom stereocenters. The molecule has 0 aliphatic carbocycles. The van der Waals surface area contributed by atoms with Gasteiger partial charge in [-0.1, -0.05) is 26.7 Å². The molecule has 0 saturated heterocycles. The molecule has 0 N–H and O–H groups in total. The summed E-state index contributed by atoms with van der Waals surface area (Å²) in [7, 11) is 0. The van der Waals surface area contributed by atoms with Crippen molar-refractivity contribution in [2.24, 2.45) is 5.92 Å². The third-order valence-corrected chi connectivity index (χ3v) is 2.49. The Bertz CT molecular complexity index is 115. The standard InChI is InChI=1S/C12H25O2/c1-4-5-8-12(3)14-9-6-7-11(2)10-13/h11-12H,4-10H2,1-3H3. The SMILES string of the molecule is CCCCC(C)OCCCC(C)C[O]. The summed E-state index contributed by atoms with van der Waals surface area (Å²) in [5.41, 5.74) is 0. The van der Waals surface area contributed by atoms with E-state index in [4.69, 9.17) is 4.74 Å². The summed E-state index contributed by atoms with van der Waals surface area (Å²) in [4.78, 5) is 0. The molecule has 1 radical (unpaired) electrons. The molecular weight excluding hydrogens is 176 g/mol. The molecule has 0 fully saturated rings. The van der Waals surface area contributed by atoms with Crippen molar-refractivity contribution in [3.05, 3.63) is 0 Å². The molecule has 0 aromatic carbocycles. The molecule has 0 rings (SSSR count). The fourth-order valence-electron chi connectivity index (χ4n) is 1.37. The van der Waals surface area contributed by atoms with Crippen LogP contribution in [0.4, 0.5) is 0 Å². The van der Waals surface area contributed by atoms with Crippen LogP contribution in [0.25, 0.3) is 0 Å². The molecular formula is C12H25O2. The number of rotatable bonds is 9. The fourth-order valence-corrected chi connectivity index (χ4v) is 1.37. The molecule has 0 bridgehead atoms. The first-order chi connectivity index (χ1) is 6.70. The molecule has 0 aromatic rings. The van der Waals surface area contributed by atoms with E-state index in [1.807, 2.05) is 6.92 Å². The maximum absolute atomic E-state index is 10.5. The first-order valence-electron chi connectivity index (χ1n) is 5.90. The van der Waals surface area contributed by atoms with E-state index in [9.17, 15) is 5.11 Å². The number of hydrogen-bond donors (Lipinski definition) is 0. The second-order valence-electron chi connectivity index (χ2n) is 4.24. The van der Waals surface area contributed by atoms with E-state index in [-0.39, 0.29) is 6.61 Å². The van der Waals surface area contributed by atoms with Gasteiger partial charge in [0.2, 0.25) is 0 Å². The van der Waals surface area contributed by atoms with Gasteiger partial charge in [-0.3, -0.25) is 0 Å². The lowest BCUT2D eigenvalue weighted by molar-refractivity contribution is 0.0515. The Kier molecular flexibility index (Phi) is 9.42. The molecule has 0 aliphatic rings. The van der Waals surface area contributed by atoms with Crippen molar-refractivity contribution in [1.29, 1.82) is 0 Å². The molecule has 85 valence electrons. The van der Waals surface area contributed by atoms with Crippen LogP contribution in [0.15, 0.2) is 0 Å². The zero-order valence-electron chi connectivity index (χ0n) is 9.92. The van der Waals surface area contributed by atoms with Crippen molar-refractivity contribution in [2.45, 2.75) is 59.0 Å². The molecule has 2 heteroatoms. The Morgan fingerprint density at radius 3 is 2.43 bits per heavy atom. The van der Waals surface area contributed by atoms with Gasteiger partial charge in [-0.05, 0) is 32.1 Å². The smallest absolute Gasteiger partial charge is 0.0847 e. The summed E-state index contributed by atoms with van der Waals surface area (Å²) in [5.74, 6) is 0.310. The van der Waals surface area contributed by atoms with Crippen LogP contribution in [0.3, 0.4) is 0 Å². The lowest BCUT2D eigenvalue weighted by Gasteiger charge is -2.13. The summed E-state index contributed by atoms with van der Waals surface area (Å²) in [6, 6.07) is 0. The topological polar surface area (TPSA) is 29.1 Å². The molecule has 2 atom stereocenters. The lowest BCUT2D eigenvalue weighted by atomic mass is 10.1. The third-order valence-electron chi connectivity index (χ3n) is 2.49. The van der Waals surface area contributed by atoms with E-state index in [2.05, 4.69) is 13.8 Å². The van der Waals surface area contributed by atoms with Gasteiger partial charge in [0.05, 0.1) is 12.7 Å². The molecule has 0 spiro atoms. The Hall–Kier alpha value is -0.0800. The van der Waals surface area contributed by atoms with Gasteiger partial charge in [0.15, 0.2) is 0 Å². The second kappa shape index (κ2) is 9.47. The fraction of sp³-hybridized carbons (Fsp3) is 1.00. The van der Waals surface area contributed by atoms with E-state index < -0.39 is 0 Å². The van der Waals surface area contributed by atoms with Crippen LogP contribution in [-0.4, -0.2) is 19.3 Å². The van der Waals surface area contributed by atoms with Crippen molar-refractivity contribution < 1.29 is 9.84 Å². The molecule has 2 nitrogen and oxygen atoms in total. The van der Waals surface area contributed by atoms with Crippen LogP contribution in [-0.2, 0) is 9.84 Å². The summed E-state index contributed by atoms with van der Waals surface area (Å²) >= 11 is 0. The van der Waals surface area contributed by atoms with Crippen LogP contribution in [0.5, 0.6) is 0 Å². The van der Waals surface area contributed by atoms with E-state index in [1.165, 1.54) is 12.8 Å². The predicted octanol–water partition coefficient (Wildman–Crippen LogP) is 3.43. The Balaban J connectivity index is 3.18. The third kappa shape index (κ3) is 8.52. The quantitative estimate of drug-likeness (QED) is 0.525. The van der Waals surface area contributed by atoms with Crippen LogP contribution in [0, 0.1) is 5.92 Å². The molecule has 0 aliphatic heterocycles. The Morgan fingerprint density at radius 2 is 1.86 bits per heavy atom. The largest absolute Gasteiger partial charge is 0.379 e. The predicted molar refractivity (Wildman–Crippen MR) is 58.9 cm³/mol. The normalized spacial score (nSPS) is 15.4. The average Bonchev–Trinajstić information content (AvgIpc) is 2.21. The van der Waals surface area contributed by atoms with E-state index in [1.54, 1.807) is 0 Å². The first kappa shape index (κ1) is 13.9. The Morgan fingerprint density at radius 1 is 1.14 bits per heavy atom. The molecule has 0 saturated carbocycles. The maximum atomic E-state index is 10.5. The molecule has 0 aromatic heterocycles. The zero-order chi connectivity index (χ0) is 10.8. The number of unbranched alkanes of at least 4 members (excludes halogenated alkanes) is 1. The zero-order valence-corrected chi connectivity index (χ0v) is 9.92. The Labute approximate surface area is 88.7 Å². The van der Waals surface area contributed by atoms with Crippen molar-refractivity contribution in [3.8, 4) is 0 Å². The highest BCUT2D eigenvalue weighted by atomic mass is 16.5. The van der Waals surface area contributed by atoms with Gasteiger partial charge in [-0.2, -0.15) is 0 Å². The van der Waals surface area contributed by atoms with Gasteiger partial charge in [0.25, 0.3) is 0 Å². The average molecular weight is 201 g/mol. The lowest BCUT2D eigenvalue weighted by Crippen LogP contribution is -2.10. The minimum absolute atomic E-state index is 0.0470. The van der Waals surface area contributed by atoms with Gasteiger partial charge in [-0.25, -0.2) is 5.11 Å². The van der Waals surface area contributed by atoms with Gasteiger partial charge in [0.1, 0.15) is 0 Å². The number of ether oxygens (including phenoxy) is 1. The van der Waals surface area contributed by atoms with Crippen LogP contribution in [0.2, 0.25) is 0 Å². The van der Waals surface area contributed by atoms with Crippen molar-refractivity contribution in [1.82, 2.24) is 0 Å². The highest BCUT2D eigenvalue weighted by Gasteiger charge is 2.03. The molecule has 14 heavy (non-hydrogen) atoms. The summed E-state index contributed by atoms with van der Waals surface area (Å²) in [6.45, 7) is 7.20.